The van der Waals surface area contributed by atoms with Crippen LogP contribution in [0.4, 0.5) is 0 Å². The molecule has 0 atom stereocenters. The molecule has 0 saturated carbocycles. The normalized spacial score (nSPS) is 10.8. The molecule has 3 rings (SSSR count). The average Bonchev–Trinajstić information content (AvgIpc) is 2.84. The van der Waals surface area contributed by atoms with Crippen LogP contribution in [-0.4, -0.2) is 5.97 Å². The van der Waals surface area contributed by atoms with E-state index < -0.39 is 0 Å². The van der Waals surface area contributed by atoms with E-state index in [2.05, 4.69) is 38.1 Å². The molecule has 0 aromatic heterocycles. The van der Waals surface area contributed by atoms with Crippen LogP contribution in [0.15, 0.2) is 72.8 Å². The van der Waals surface area contributed by atoms with Crippen LogP contribution in [0.5, 0.6) is 5.75 Å². The minimum atomic E-state index is -0.312. The van der Waals surface area contributed by atoms with Gasteiger partial charge in [0, 0.05) is 0 Å². The van der Waals surface area contributed by atoms with Crippen molar-refractivity contribution in [1.29, 1.82) is 0 Å². The molecule has 0 bridgehead atoms. The first-order valence-corrected chi connectivity index (χ1v) is 12.2. The van der Waals surface area contributed by atoms with Gasteiger partial charge >= 0.3 is 5.97 Å². The number of ether oxygens (including phenoxy) is 1. The number of aryl methyl sites for hydroxylation is 2. The Labute approximate surface area is 193 Å². The second kappa shape index (κ2) is 12.9. The quantitative estimate of drug-likeness (QED) is 0.164. The lowest BCUT2D eigenvalue weighted by atomic mass is 10.0. The first-order chi connectivity index (χ1) is 15.7. The molecule has 168 valence electrons. The van der Waals surface area contributed by atoms with E-state index in [4.69, 9.17) is 4.74 Å². The highest BCUT2D eigenvalue weighted by molar-refractivity contribution is 5.91. The van der Waals surface area contributed by atoms with Crippen molar-refractivity contribution in [2.45, 2.75) is 71.6 Å². The lowest BCUT2D eigenvalue weighted by molar-refractivity contribution is 0.0735. The van der Waals surface area contributed by atoms with Crippen molar-refractivity contribution in [2.75, 3.05) is 0 Å². The molecule has 0 spiro atoms. The van der Waals surface area contributed by atoms with Crippen LogP contribution in [0.2, 0.25) is 0 Å². The summed E-state index contributed by atoms with van der Waals surface area (Å²) in [7, 11) is 0. The third-order valence-corrected chi connectivity index (χ3v) is 5.93. The number of carbonyl (C=O) groups is 1. The van der Waals surface area contributed by atoms with E-state index in [9.17, 15) is 4.79 Å². The highest BCUT2D eigenvalue weighted by Gasteiger charge is 2.09. The molecule has 32 heavy (non-hydrogen) atoms. The summed E-state index contributed by atoms with van der Waals surface area (Å²) in [5, 5.41) is 0. The summed E-state index contributed by atoms with van der Waals surface area (Å²) in [6.07, 6.45) is 11.0. The zero-order valence-electron chi connectivity index (χ0n) is 19.6. The molecule has 0 amide bonds. The molecule has 3 aromatic rings. The third kappa shape index (κ3) is 7.37. The van der Waals surface area contributed by atoms with Gasteiger partial charge in [0.1, 0.15) is 5.75 Å². The van der Waals surface area contributed by atoms with Crippen LogP contribution in [0.1, 0.15) is 80.3 Å². The summed E-state index contributed by atoms with van der Waals surface area (Å²) >= 11 is 0. The smallest absolute Gasteiger partial charge is 0.343 e. The van der Waals surface area contributed by atoms with Crippen LogP contribution in [0.3, 0.4) is 0 Å². The van der Waals surface area contributed by atoms with Gasteiger partial charge in [0.25, 0.3) is 0 Å². The van der Waals surface area contributed by atoms with Gasteiger partial charge in [-0.1, -0.05) is 94.5 Å². The summed E-state index contributed by atoms with van der Waals surface area (Å²) in [5.41, 5.74) is 5.54. The minimum absolute atomic E-state index is 0.312. The minimum Gasteiger partial charge on any atom is -0.423 e. The lowest BCUT2D eigenvalue weighted by Crippen LogP contribution is -2.08. The third-order valence-electron chi connectivity index (χ3n) is 5.93. The van der Waals surface area contributed by atoms with E-state index in [1.165, 1.54) is 61.6 Å². The van der Waals surface area contributed by atoms with Crippen molar-refractivity contribution in [3.05, 3.63) is 89.5 Å². The Balaban J connectivity index is 1.52. The number of hydrogen-bond donors (Lipinski definition) is 0. The van der Waals surface area contributed by atoms with Crippen molar-refractivity contribution in [3.63, 3.8) is 0 Å². The van der Waals surface area contributed by atoms with E-state index in [1.807, 2.05) is 48.5 Å². The topological polar surface area (TPSA) is 26.3 Å². The predicted octanol–water partition coefficient (Wildman–Crippen LogP) is 8.43. The first kappa shape index (κ1) is 23.8. The lowest BCUT2D eigenvalue weighted by Gasteiger charge is -2.08. The second-order valence-corrected chi connectivity index (χ2v) is 8.58. The van der Waals surface area contributed by atoms with Crippen molar-refractivity contribution < 1.29 is 9.53 Å². The van der Waals surface area contributed by atoms with Gasteiger partial charge in [-0.25, -0.2) is 4.79 Å². The predicted molar refractivity (Wildman–Crippen MR) is 134 cm³/mol. The Kier molecular flexibility index (Phi) is 9.56. The van der Waals surface area contributed by atoms with Crippen LogP contribution in [0, 0.1) is 0 Å². The Morgan fingerprint density at radius 1 is 0.594 bits per heavy atom. The van der Waals surface area contributed by atoms with Crippen LogP contribution >= 0.6 is 0 Å². The largest absolute Gasteiger partial charge is 0.423 e. The molecule has 3 aromatic carbocycles. The number of carbonyl (C=O) groups excluding carboxylic acids is 1. The van der Waals surface area contributed by atoms with Gasteiger partial charge in [-0.05, 0) is 72.2 Å². The van der Waals surface area contributed by atoms with E-state index in [-0.39, 0.29) is 5.97 Å². The SMILES string of the molecule is CCCCCCCc1ccc(C(=O)Oc2ccc(-c3ccc(CCCC)cc3)cc2)cc1. The van der Waals surface area contributed by atoms with Crippen LogP contribution in [0.25, 0.3) is 11.1 Å². The molecule has 2 heteroatoms. The maximum absolute atomic E-state index is 12.5. The fourth-order valence-corrected chi connectivity index (χ4v) is 3.87. The standard InChI is InChI=1S/C30H36O2/c1-3-5-7-8-9-11-25-14-18-28(19-15-25)30(31)32-29-22-20-27(21-23-29)26-16-12-24(13-17-26)10-6-4-2/h12-23H,3-11H2,1-2H3. The van der Waals surface area contributed by atoms with E-state index >= 15 is 0 Å². The number of benzene rings is 3. The highest BCUT2D eigenvalue weighted by atomic mass is 16.5. The van der Waals surface area contributed by atoms with Crippen LogP contribution in [-0.2, 0) is 12.8 Å². The van der Waals surface area contributed by atoms with Gasteiger partial charge in [-0.2, -0.15) is 0 Å². The second-order valence-electron chi connectivity index (χ2n) is 8.58. The van der Waals surface area contributed by atoms with Gasteiger partial charge in [-0.3, -0.25) is 0 Å². The fourth-order valence-electron chi connectivity index (χ4n) is 3.87. The molecule has 0 unspecified atom stereocenters. The van der Waals surface area contributed by atoms with Crippen molar-refractivity contribution in [1.82, 2.24) is 0 Å². The molecule has 0 heterocycles. The molecular weight excluding hydrogens is 392 g/mol. The maximum atomic E-state index is 12.5. The molecule has 0 saturated heterocycles. The number of esters is 1. The zero-order valence-corrected chi connectivity index (χ0v) is 19.6. The van der Waals surface area contributed by atoms with Gasteiger partial charge < -0.3 is 4.74 Å². The molecule has 0 aliphatic rings. The number of rotatable bonds is 12. The number of unbranched alkanes of at least 4 members (excludes halogenated alkanes) is 5. The van der Waals surface area contributed by atoms with Gasteiger partial charge in [0.15, 0.2) is 0 Å². The molecule has 0 radical (unpaired) electrons. The Morgan fingerprint density at radius 3 is 1.69 bits per heavy atom. The van der Waals surface area contributed by atoms with E-state index in [0.717, 1.165) is 18.4 Å². The highest BCUT2D eigenvalue weighted by Crippen LogP contribution is 2.24. The van der Waals surface area contributed by atoms with Crippen molar-refractivity contribution in [3.8, 4) is 16.9 Å². The van der Waals surface area contributed by atoms with E-state index in [1.54, 1.807) is 0 Å². The molecule has 0 aliphatic heterocycles. The fraction of sp³-hybridized carbons (Fsp3) is 0.367. The summed E-state index contributed by atoms with van der Waals surface area (Å²) in [6, 6.07) is 24.3. The van der Waals surface area contributed by atoms with Gasteiger partial charge in [0.2, 0.25) is 0 Å². The maximum Gasteiger partial charge on any atom is 0.343 e. The monoisotopic (exact) mass is 428 g/mol. The van der Waals surface area contributed by atoms with Crippen molar-refractivity contribution >= 4 is 5.97 Å². The summed E-state index contributed by atoms with van der Waals surface area (Å²) in [4.78, 5) is 12.5. The summed E-state index contributed by atoms with van der Waals surface area (Å²) in [6.45, 7) is 4.45. The Hall–Kier alpha value is -2.87. The van der Waals surface area contributed by atoms with Crippen LogP contribution < -0.4 is 4.74 Å². The van der Waals surface area contributed by atoms with Crippen molar-refractivity contribution in [2.24, 2.45) is 0 Å². The molecule has 0 N–H and O–H groups in total. The average molecular weight is 429 g/mol. The van der Waals surface area contributed by atoms with E-state index in [0.29, 0.717) is 11.3 Å². The Bertz CT molecular complexity index is 938. The van der Waals surface area contributed by atoms with Gasteiger partial charge in [-0.15, -0.1) is 0 Å². The number of hydrogen-bond acceptors (Lipinski definition) is 2. The Morgan fingerprint density at radius 2 is 1.09 bits per heavy atom. The molecular formula is C30H36O2. The summed E-state index contributed by atoms with van der Waals surface area (Å²) < 4.78 is 5.58. The zero-order chi connectivity index (χ0) is 22.6. The molecule has 0 aliphatic carbocycles. The van der Waals surface area contributed by atoms with Gasteiger partial charge in [0.05, 0.1) is 5.56 Å². The summed E-state index contributed by atoms with van der Waals surface area (Å²) in [5.74, 6) is 0.255. The molecule has 0 fully saturated rings. The molecule has 2 nitrogen and oxygen atoms in total. The first-order valence-electron chi connectivity index (χ1n) is 12.2.